The Labute approximate surface area is 113 Å². The number of nitrogens with zero attached hydrogens (tertiary/aromatic N) is 1. The fraction of sp³-hybridized carbons (Fsp3) is 0.462. The van der Waals surface area contributed by atoms with E-state index in [9.17, 15) is 0 Å². The fourth-order valence-electron chi connectivity index (χ4n) is 2.22. The number of likely N-dealkylation sites (N-methyl/N-ethyl adjacent to an activating group) is 1. The van der Waals surface area contributed by atoms with Crippen LogP contribution in [0, 0.1) is 0 Å². The summed E-state index contributed by atoms with van der Waals surface area (Å²) >= 11 is 6.94. The molecule has 1 aliphatic rings. The quantitative estimate of drug-likeness (QED) is 0.829. The average molecular weight is 266 g/mol. The number of rotatable bonds is 5. The first-order valence-corrected chi connectivity index (χ1v) is 7.32. The number of benzene rings is 1. The molecule has 0 amide bonds. The van der Waals surface area contributed by atoms with Crippen molar-refractivity contribution in [2.45, 2.75) is 17.7 Å². The maximum Gasteiger partial charge on any atom is 0.0870 e. The molecule has 4 heteroatoms. The smallest absolute Gasteiger partial charge is 0.0870 e. The second-order valence-corrected chi connectivity index (χ2v) is 5.93. The van der Waals surface area contributed by atoms with Crippen molar-refractivity contribution in [1.29, 1.82) is 0 Å². The van der Waals surface area contributed by atoms with Gasteiger partial charge in [0.05, 0.1) is 4.99 Å². The molecule has 0 aliphatic carbocycles. The topological polar surface area (TPSA) is 29.3 Å². The molecule has 1 aromatic carbocycles. The van der Waals surface area contributed by atoms with Crippen molar-refractivity contribution < 1.29 is 0 Å². The third-order valence-electron chi connectivity index (χ3n) is 3.10. The Hall–Kier alpha value is -0.580. The fourth-order valence-corrected chi connectivity index (χ4v) is 3.64. The van der Waals surface area contributed by atoms with Crippen LogP contribution >= 0.6 is 24.0 Å². The van der Waals surface area contributed by atoms with E-state index in [4.69, 9.17) is 18.0 Å². The highest BCUT2D eigenvalue weighted by molar-refractivity contribution is 7.99. The Balaban J connectivity index is 2.03. The van der Waals surface area contributed by atoms with Gasteiger partial charge in [0.2, 0.25) is 0 Å². The Morgan fingerprint density at radius 1 is 1.53 bits per heavy atom. The minimum Gasteiger partial charge on any atom is -0.392 e. The van der Waals surface area contributed by atoms with Crippen molar-refractivity contribution in [1.82, 2.24) is 4.90 Å². The van der Waals surface area contributed by atoms with Crippen molar-refractivity contribution in [3.05, 3.63) is 29.8 Å². The molecule has 1 atom stereocenters. The molecular weight excluding hydrogens is 248 g/mol. The Kier molecular flexibility index (Phi) is 4.42. The number of thiocarbonyl (C=S) groups is 1. The summed E-state index contributed by atoms with van der Waals surface area (Å²) in [6, 6.07) is 8.70. The number of hydrogen-bond acceptors (Lipinski definition) is 3. The zero-order chi connectivity index (χ0) is 12.3. The lowest BCUT2D eigenvalue weighted by Gasteiger charge is -2.23. The Morgan fingerprint density at radius 2 is 2.29 bits per heavy atom. The predicted molar refractivity (Wildman–Crippen MR) is 78.8 cm³/mol. The van der Waals surface area contributed by atoms with E-state index in [1.165, 1.54) is 16.2 Å². The van der Waals surface area contributed by atoms with Gasteiger partial charge < -0.3 is 5.73 Å². The van der Waals surface area contributed by atoms with E-state index in [-0.39, 0.29) is 0 Å². The van der Waals surface area contributed by atoms with Gasteiger partial charge in [0.15, 0.2) is 0 Å². The van der Waals surface area contributed by atoms with Crippen LogP contribution in [0.15, 0.2) is 29.2 Å². The molecule has 0 saturated carbocycles. The zero-order valence-electron chi connectivity index (χ0n) is 10.1. The summed E-state index contributed by atoms with van der Waals surface area (Å²) in [5, 5.41) is 0. The number of thioether (sulfide) groups is 1. The lowest BCUT2D eigenvalue weighted by Crippen LogP contribution is -2.35. The predicted octanol–water partition coefficient (Wildman–Crippen LogP) is 2.48. The lowest BCUT2D eigenvalue weighted by molar-refractivity contribution is 0.313. The maximum absolute atomic E-state index is 5.62. The molecule has 0 radical (unpaired) electrons. The molecule has 2 nitrogen and oxygen atoms in total. The van der Waals surface area contributed by atoms with E-state index in [0.717, 1.165) is 19.6 Å². The van der Waals surface area contributed by atoms with Crippen LogP contribution in [0.1, 0.15) is 18.4 Å². The second-order valence-electron chi connectivity index (χ2n) is 4.34. The van der Waals surface area contributed by atoms with Gasteiger partial charge in [-0.3, -0.25) is 4.90 Å². The SMILES string of the molecule is CCN(CC(N)=S)CC1CSc2ccccc21. The van der Waals surface area contributed by atoms with Crippen molar-refractivity contribution in [3.8, 4) is 0 Å². The molecular formula is C13H18N2S2. The highest BCUT2D eigenvalue weighted by Crippen LogP contribution is 2.39. The van der Waals surface area contributed by atoms with Gasteiger partial charge in [0.25, 0.3) is 0 Å². The molecule has 1 heterocycles. The molecule has 1 unspecified atom stereocenters. The second kappa shape index (κ2) is 5.85. The van der Waals surface area contributed by atoms with Crippen molar-refractivity contribution in [2.75, 3.05) is 25.4 Å². The Bertz CT molecular complexity index is 406. The lowest BCUT2D eigenvalue weighted by atomic mass is 10.0. The van der Waals surface area contributed by atoms with Crippen LogP contribution in [0.2, 0.25) is 0 Å². The summed E-state index contributed by atoms with van der Waals surface area (Å²) < 4.78 is 0. The molecule has 0 aromatic heterocycles. The highest BCUT2D eigenvalue weighted by atomic mass is 32.2. The van der Waals surface area contributed by atoms with Gasteiger partial charge in [-0.05, 0) is 18.2 Å². The zero-order valence-corrected chi connectivity index (χ0v) is 11.7. The maximum atomic E-state index is 5.62. The first kappa shape index (κ1) is 12.9. The monoisotopic (exact) mass is 266 g/mol. The first-order chi connectivity index (χ1) is 8.20. The largest absolute Gasteiger partial charge is 0.392 e. The van der Waals surface area contributed by atoms with Crippen LogP contribution in [0.4, 0.5) is 0 Å². The number of nitrogens with two attached hydrogens (primary N) is 1. The molecule has 2 rings (SSSR count). The summed E-state index contributed by atoms with van der Waals surface area (Å²) in [5.74, 6) is 1.79. The third-order valence-corrected chi connectivity index (χ3v) is 4.49. The third kappa shape index (κ3) is 3.21. The van der Waals surface area contributed by atoms with Crippen LogP contribution in [0.3, 0.4) is 0 Å². The standard InChI is InChI=1S/C13H18N2S2/c1-2-15(8-13(14)16)7-10-9-17-12-6-4-3-5-11(10)12/h3-6,10H,2,7-9H2,1H3,(H2,14,16). The van der Waals surface area contributed by atoms with Gasteiger partial charge in [-0.2, -0.15) is 0 Å². The van der Waals surface area contributed by atoms with Crippen LogP contribution in [-0.4, -0.2) is 35.3 Å². The molecule has 17 heavy (non-hydrogen) atoms. The van der Waals surface area contributed by atoms with E-state index in [1.54, 1.807) is 0 Å². The molecule has 0 fully saturated rings. The van der Waals surface area contributed by atoms with Gasteiger partial charge >= 0.3 is 0 Å². The van der Waals surface area contributed by atoms with Crippen molar-refractivity contribution in [2.24, 2.45) is 5.73 Å². The number of hydrogen-bond donors (Lipinski definition) is 1. The minimum atomic E-state index is 0.589. The van der Waals surface area contributed by atoms with E-state index in [1.807, 2.05) is 11.8 Å². The van der Waals surface area contributed by atoms with Crippen LogP contribution in [0.25, 0.3) is 0 Å². The average Bonchev–Trinajstić information content (AvgIpc) is 2.71. The van der Waals surface area contributed by atoms with Gasteiger partial charge in [0.1, 0.15) is 0 Å². The number of fused-ring (bicyclic) bond motifs is 1. The van der Waals surface area contributed by atoms with Gasteiger partial charge in [0, 0.05) is 29.7 Å². The van der Waals surface area contributed by atoms with Gasteiger partial charge in [-0.1, -0.05) is 37.3 Å². The normalized spacial score (nSPS) is 18.4. The molecule has 1 aliphatic heterocycles. The summed E-state index contributed by atoms with van der Waals surface area (Å²) in [6.45, 7) is 4.94. The molecule has 1 aromatic rings. The summed E-state index contributed by atoms with van der Waals surface area (Å²) in [7, 11) is 0. The van der Waals surface area contributed by atoms with Gasteiger partial charge in [-0.25, -0.2) is 0 Å². The van der Waals surface area contributed by atoms with Crippen LogP contribution in [0.5, 0.6) is 0 Å². The molecule has 2 N–H and O–H groups in total. The van der Waals surface area contributed by atoms with Crippen LogP contribution in [-0.2, 0) is 0 Å². The molecule has 92 valence electrons. The highest BCUT2D eigenvalue weighted by Gasteiger charge is 2.24. The molecule has 0 bridgehead atoms. The van der Waals surface area contributed by atoms with Crippen LogP contribution < -0.4 is 5.73 Å². The summed E-state index contributed by atoms with van der Waals surface area (Å²) in [6.07, 6.45) is 0. The van der Waals surface area contributed by atoms with E-state index in [0.29, 0.717) is 10.9 Å². The summed E-state index contributed by atoms with van der Waals surface area (Å²) in [5.41, 5.74) is 7.11. The van der Waals surface area contributed by atoms with Crippen molar-refractivity contribution >= 4 is 29.0 Å². The molecule has 0 saturated heterocycles. The van der Waals surface area contributed by atoms with Crippen molar-refractivity contribution in [3.63, 3.8) is 0 Å². The molecule has 0 spiro atoms. The first-order valence-electron chi connectivity index (χ1n) is 5.93. The van der Waals surface area contributed by atoms with E-state index >= 15 is 0 Å². The summed E-state index contributed by atoms with van der Waals surface area (Å²) in [4.78, 5) is 4.35. The van der Waals surface area contributed by atoms with E-state index in [2.05, 4.69) is 36.1 Å². The Morgan fingerprint density at radius 3 is 3.00 bits per heavy atom. The van der Waals surface area contributed by atoms with E-state index < -0.39 is 0 Å². The van der Waals surface area contributed by atoms with Gasteiger partial charge in [-0.15, -0.1) is 11.8 Å². The minimum absolute atomic E-state index is 0.589.